The number of thiazole rings is 1. The zero-order chi connectivity index (χ0) is 18.9. The molecule has 1 heterocycles. The van der Waals surface area contributed by atoms with Crippen LogP contribution in [0.4, 0.5) is 4.79 Å². The van der Waals surface area contributed by atoms with Crippen LogP contribution in [0.2, 0.25) is 0 Å². The molecule has 7 nitrogen and oxygen atoms in total. The lowest BCUT2D eigenvalue weighted by Gasteiger charge is -2.26. The Morgan fingerprint density at radius 2 is 2.08 bits per heavy atom. The molecule has 1 aromatic heterocycles. The predicted octanol–water partition coefficient (Wildman–Crippen LogP) is 2.76. The lowest BCUT2D eigenvalue weighted by molar-refractivity contribution is 0.0264. The van der Waals surface area contributed by atoms with Gasteiger partial charge in [-0.2, -0.15) is 0 Å². The summed E-state index contributed by atoms with van der Waals surface area (Å²) in [6.45, 7) is 14.6. The van der Waals surface area contributed by atoms with Crippen LogP contribution in [0.15, 0.2) is 11.2 Å². The first-order valence-corrected chi connectivity index (χ1v) is 9.48. The van der Waals surface area contributed by atoms with E-state index >= 15 is 0 Å². The topological polar surface area (TPSA) is 78.9 Å². The van der Waals surface area contributed by atoms with E-state index in [4.69, 9.17) is 4.74 Å². The molecule has 0 atom stereocenters. The summed E-state index contributed by atoms with van der Waals surface area (Å²) >= 11 is 1.65. The van der Waals surface area contributed by atoms with Gasteiger partial charge < -0.3 is 20.3 Å². The summed E-state index contributed by atoms with van der Waals surface area (Å²) in [5.41, 5.74) is -0.486. The number of carbonyl (C=O) groups is 1. The van der Waals surface area contributed by atoms with E-state index < -0.39 is 5.60 Å². The van der Waals surface area contributed by atoms with Crippen molar-refractivity contribution >= 4 is 23.4 Å². The van der Waals surface area contributed by atoms with Gasteiger partial charge in [-0.3, -0.25) is 0 Å². The number of aromatic nitrogens is 1. The van der Waals surface area contributed by atoms with E-state index in [2.05, 4.69) is 20.6 Å². The standard InChI is InChI=1S/C17H31N5O2S/c1-7-18-15(21-12-14-20-11-13(3)25-14)19-9-10-22(8-2)16(23)24-17(4,5)6/h11H,7-10,12H2,1-6H3,(H2,18,19,21). The predicted molar refractivity (Wildman–Crippen MR) is 103 cm³/mol. The molecule has 1 aromatic rings. The van der Waals surface area contributed by atoms with Gasteiger partial charge >= 0.3 is 6.09 Å². The van der Waals surface area contributed by atoms with Gasteiger partial charge in [0.2, 0.25) is 0 Å². The van der Waals surface area contributed by atoms with Crippen molar-refractivity contribution in [2.24, 2.45) is 4.99 Å². The highest BCUT2D eigenvalue weighted by Crippen LogP contribution is 2.12. The fourth-order valence-electron chi connectivity index (χ4n) is 1.98. The van der Waals surface area contributed by atoms with Crippen LogP contribution < -0.4 is 10.6 Å². The molecule has 1 rings (SSSR count). The molecule has 0 aliphatic rings. The average Bonchev–Trinajstić information content (AvgIpc) is 2.92. The van der Waals surface area contributed by atoms with Crippen LogP contribution in [0.1, 0.15) is 44.5 Å². The fourth-order valence-corrected chi connectivity index (χ4v) is 2.69. The largest absolute Gasteiger partial charge is 0.444 e. The SMILES string of the molecule is CCNC(=NCc1ncc(C)s1)NCCN(CC)C(=O)OC(C)(C)C. The molecule has 8 heteroatoms. The first-order chi connectivity index (χ1) is 11.7. The minimum absolute atomic E-state index is 0.294. The van der Waals surface area contributed by atoms with Crippen molar-refractivity contribution in [1.82, 2.24) is 20.5 Å². The lowest BCUT2D eigenvalue weighted by atomic mass is 10.2. The second-order valence-electron chi connectivity index (χ2n) is 6.55. The molecule has 0 spiro atoms. The number of aryl methyl sites for hydroxylation is 1. The molecule has 0 radical (unpaired) electrons. The van der Waals surface area contributed by atoms with Crippen molar-refractivity contribution in [2.75, 3.05) is 26.2 Å². The van der Waals surface area contributed by atoms with E-state index in [1.165, 1.54) is 4.88 Å². The number of hydrogen-bond acceptors (Lipinski definition) is 5. The molecule has 0 saturated heterocycles. The number of rotatable bonds is 7. The van der Waals surface area contributed by atoms with E-state index in [1.807, 2.05) is 47.7 Å². The molecular weight excluding hydrogens is 338 g/mol. The Hall–Kier alpha value is -1.83. The monoisotopic (exact) mass is 369 g/mol. The molecular formula is C17H31N5O2S. The van der Waals surface area contributed by atoms with Crippen LogP contribution in [-0.2, 0) is 11.3 Å². The first kappa shape index (κ1) is 21.2. The number of nitrogens with zero attached hydrogens (tertiary/aromatic N) is 3. The molecule has 0 aromatic carbocycles. The van der Waals surface area contributed by atoms with Gasteiger partial charge in [0.25, 0.3) is 0 Å². The third-order valence-corrected chi connectivity index (χ3v) is 3.99. The summed E-state index contributed by atoms with van der Waals surface area (Å²) in [5.74, 6) is 0.718. The maximum absolute atomic E-state index is 12.1. The minimum atomic E-state index is -0.486. The number of aliphatic imine (C=N–C) groups is 1. The van der Waals surface area contributed by atoms with Crippen LogP contribution in [0.3, 0.4) is 0 Å². The van der Waals surface area contributed by atoms with E-state index in [1.54, 1.807) is 16.2 Å². The second-order valence-corrected chi connectivity index (χ2v) is 7.87. The molecule has 142 valence electrons. The van der Waals surface area contributed by atoms with Crippen molar-refractivity contribution in [3.63, 3.8) is 0 Å². The summed E-state index contributed by atoms with van der Waals surface area (Å²) < 4.78 is 5.41. The van der Waals surface area contributed by atoms with Gasteiger partial charge in [0.05, 0.1) is 6.54 Å². The maximum atomic E-state index is 12.1. The Labute approximate surface area is 154 Å². The van der Waals surface area contributed by atoms with Crippen LogP contribution in [0.5, 0.6) is 0 Å². The van der Waals surface area contributed by atoms with Crippen molar-refractivity contribution in [2.45, 2.75) is 53.7 Å². The third kappa shape index (κ3) is 8.72. The zero-order valence-corrected chi connectivity index (χ0v) is 17.0. The molecule has 0 unspecified atom stereocenters. The Balaban J connectivity index is 2.51. The number of guanidine groups is 1. The average molecular weight is 370 g/mol. The summed E-state index contributed by atoms with van der Waals surface area (Å²) in [6.07, 6.45) is 1.56. The molecule has 1 amide bonds. The Bertz CT molecular complexity index is 566. The highest BCUT2D eigenvalue weighted by Gasteiger charge is 2.20. The molecule has 2 N–H and O–H groups in total. The van der Waals surface area contributed by atoms with Gasteiger partial charge in [-0.25, -0.2) is 14.8 Å². The number of amides is 1. The quantitative estimate of drug-likeness (QED) is 0.571. The van der Waals surface area contributed by atoms with Crippen molar-refractivity contribution in [3.05, 3.63) is 16.1 Å². The Morgan fingerprint density at radius 3 is 2.60 bits per heavy atom. The third-order valence-electron chi connectivity index (χ3n) is 3.09. The zero-order valence-electron chi connectivity index (χ0n) is 16.2. The van der Waals surface area contributed by atoms with Gasteiger partial charge in [-0.05, 0) is 41.5 Å². The lowest BCUT2D eigenvalue weighted by Crippen LogP contribution is -2.44. The van der Waals surface area contributed by atoms with Gasteiger partial charge in [0, 0.05) is 37.3 Å². The molecule has 0 bridgehead atoms. The van der Waals surface area contributed by atoms with Crippen molar-refractivity contribution in [1.29, 1.82) is 0 Å². The number of hydrogen-bond donors (Lipinski definition) is 2. The van der Waals surface area contributed by atoms with Crippen LogP contribution in [0, 0.1) is 6.92 Å². The molecule has 0 aliphatic heterocycles. The first-order valence-electron chi connectivity index (χ1n) is 8.66. The van der Waals surface area contributed by atoms with E-state index in [-0.39, 0.29) is 6.09 Å². The van der Waals surface area contributed by atoms with Crippen molar-refractivity contribution < 1.29 is 9.53 Å². The number of carbonyl (C=O) groups excluding carboxylic acids is 1. The molecule has 25 heavy (non-hydrogen) atoms. The fraction of sp³-hybridized carbons (Fsp3) is 0.706. The summed E-state index contributed by atoms with van der Waals surface area (Å²) in [6, 6.07) is 0. The van der Waals surface area contributed by atoms with Crippen LogP contribution in [0.25, 0.3) is 0 Å². The van der Waals surface area contributed by atoms with Crippen LogP contribution in [-0.4, -0.2) is 53.7 Å². The van der Waals surface area contributed by atoms with Gasteiger partial charge in [0.1, 0.15) is 10.6 Å². The van der Waals surface area contributed by atoms with E-state index in [0.717, 1.165) is 17.5 Å². The van der Waals surface area contributed by atoms with Gasteiger partial charge in [-0.1, -0.05) is 0 Å². The molecule has 0 saturated carbocycles. The van der Waals surface area contributed by atoms with Gasteiger partial charge in [-0.15, -0.1) is 11.3 Å². The summed E-state index contributed by atoms with van der Waals surface area (Å²) in [7, 11) is 0. The smallest absolute Gasteiger partial charge is 0.410 e. The summed E-state index contributed by atoms with van der Waals surface area (Å²) in [5, 5.41) is 7.43. The Kier molecular flexibility index (Phi) is 8.68. The number of ether oxygens (including phenoxy) is 1. The number of nitrogens with one attached hydrogen (secondary N) is 2. The van der Waals surface area contributed by atoms with Crippen molar-refractivity contribution in [3.8, 4) is 0 Å². The van der Waals surface area contributed by atoms with E-state index in [9.17, 15) is 4.79 Å². The van der Waals surface area contributed by atoms with Crippen LogP contribution >= 0.6 is 11.3 Å². The second kappa shape index (κ2) is 10.2. The Morgan fingerprint density at radius 1 is 1.36 bits per heavy atom. The highest BCUT2D eigenvalue weighted by molar-refractivity contribution is 7.11. The summed E-state index contributed by atoms with van der Waals surface area (Å²) in [4.78, 5) is 23.8. The number of likely N-dealkylation sites (N-methyl/N-ethyl adjacent to an activating group) is 1. The van der Waals surface area contributed by atoms with E-state index in [0.29, 0.717) is 26.2 Å². The molecule has 0 fully saturated rings. The molecule has 0 aliphatic carbocycles. The maximum Gasteiger partial charge on any atom is 0.410 e. The minimum Gasteiger partial charge on any atom is -0.444 e. The highest BCUT2D eigenvalue weighted by atomic mass is 32.1. The van der Waals surface area contributed by atoms with Gasteiger partial charge in [0.15, 0.2) is 5.96 Å². The normalized spacial score (nSPS) is 12.0.